The fourth-order valence-corrected chi connectivity index (χ4v) is 4.02. The number of ether oxygens (including phenoxy) is 1. The second-order valence-corrected chi connectivity index (χ2v) is 6.72. The number of hydrogen-bond donors (Lipinski definition) is 1. The molecule has 1 spiro atoms. The first-order chi connectivity index (χ1) is 11.5. The van der Waals surface area contributed by atoms with Gasteiger partial charge in [0.2, 0.25) is 0 Å². The molecule has 3 rings (SSSR count). The lowest BCUT2D eigenvalue weighted by atomic mass is 9.80. The second kappa shape index (κ2) is 6.57. The third kappa shape index (κ3) is 2.52. The van der Waals surface area contributed by atoms with E-state index in [0.717, 1.165) is 36.0 Å². The minimum absolute atomic E-state index is 0.0131. The molecule has 0 aromatic heterocycles. The summed E-state index contributed by atoms with van der Waals surface area (Å²) in [4.78, 5) is 18.7. The fraction of sp³-hybridized carbons (Fsp3) is 0.526. The molecule has 0 atom stereocenters. The highest BCUT2D eigenvalue weighted by atomic mass is 16.8. The lowest BCUT2D eigenvalue weighted by Gasteiger charge is -2.39. The van der Waals surface area contributed by atoms with E-state index in [1.807, 2.05) is 32.0 Å². The maximum atomic E-state index is 13.1. The van der Waals surface area contributed by atoms with Crippen LogP contribution in [0.5, 0.6) is 0 Å². The van der Waals surface area contributed by atoms with Crippen LogP contribution >= 0.6 is 0 Å². The Morgan fingerprint density at radius 1 is 1.17 bits per heavy atom. The number of carbonyl (C=O) groups is 1. The van der Waals surface area contributed by atoms with E-state index in [4.69, 9.17) is 9.57 Å². The largest absolute Gasteiger partial charge is 0.509 e. The minimum atomic E-state index is -0.752. The summed E-state index contributed by atoms with van der Waals surface area (Å²) in [6.45, 7) is 3.91. The van der Waals surface area contributed by atoms with Gasteiger partial charge in [-0.3, -0.25) is 4.79 Å². The van der Waals surface area contributed by atoms with Gasteiger partial charge in [-0.15, -0.1) is 0 Å². The Hall–Kier alpha value is -1.85. The molecule has 24 heavy (non-hydrogen) atoms. The number of hydroxylamine groups is 2. The molecule has 1 amide bonds. The first-order valence-electron chi connectivity index (χ1n) is 8.49. The Balaban J connectivity index is 2.12. The van der Waals surface area contributed by atoms with Crippen LogP contribution in [0, 0.1) is 13.8 Å². The van der Waals surface area contributed by atoms with E-state index in [1.165, 1.54) is 12.2 Å². The number of aryl methyl sites for hydroxylation is 2. The van der Waals surface area contributed by atoms with Crippen molar-refractivity contribution in [2.24, 2.45) is 0 Å². The van der Waals surface area contributed by atoms with Gasteiger partial charge in [0.1, 0.15) is 11.3 Å². The zero-order chi connectivity index (χ0) is 17.3. The molecule has 0 saturated heterocycles. The Morgan fingerprint density at radius 3 is 2.38 bits per heavy atom. The number of hydrogen-bond acceptors (Lipinski definition) is 4. The quantitative estimate of drug-likeness (QED) is 0.856. The van der Waals surface area contributed by atoms with Crippen LogP contribution in [0.3, 0.4) is 0 Å². The first kappa shape index (κ1) is 17.0. The highest BCUT2D eigenvalue weighted by Crippen LogP contribution is 2.48. The van der Waals surface area contributed by atoms with Gasteiger partial charge in [-0.05, 0) is 43.4 Å². The number of aliphatic hydroxyl groups excluding tert-OH is 1. The fourth-order valence-electron chi connectivity index (χ4n) is 4.02. The van der Waals surface area contributed by atoms with E-state index in [0.29, 0.717) is 18.4 Å². The maximum absolute atomic E-state index is 13.1. The number of benzene rings is 1. The number of methoxy groups -OCH3 is 1. The summed E-state index contributed by atoms with van der Waals surface area (Å²) in [5, 5.41) is 12.5. The van der Waals surface area contributed by atoms with Gasteiger partial charge >= 0.3 is 0 Å². The molecule has 0 unspecified atom stereocenters. The lowest BCUT2D eigenvalue weighted by Crippen LogP contribution is -2.49. The summed E-state index contributed by atoms with van der Waals surface area (Å²) in [6, 6.07) is 5.88. The lowest BCUT2D eigenvalue weighted by molar-refractivity contribution is -0.248. The summed E-state index contributed by atoms with van der Waals surface area (Å²) in [5.74, 6) is -0.121. The number of amides is 1. The van der Waals surface area contributed by atoms with Crippen molar-refractivity contribution < 1.29 is 19.5 Å². The molecule has 1 aromatic carbocycles. The van der Waals surface area contributed by atoms with Crippen molar-refractivity contribution in [1.29, 1.82) is 0 Å². The molecule has 1 N–H and O–H groups in total. The molecule has 0 bridgehead atoms. The van der Waals surface area contributed by atoms with E-state index in [1.54, 1.807) is 0 Å². The highest BCUT2D eigenvalue weighted by Gasteiger charge is 2.54. The number of nitrogens with zero attached hydrogens (tertiary/aromatic N) is 1. The van der Waals surface area contributed by atoms with Crippen LogP contribution in [0.4, 0.5) is 0 Å². The Kier molecular flexibility index (Phi) is 4.65. The van der Waals surface area contributed by atoms with Crippen LogP contribution in [-0.2, 0) is 14.4 Å². The van der Waals surface area contributed by atoms with Crippen molar-refractivity contribution in [1.82, 2.24) is 5.06 Å². The zero-order valence-corrected chi connectivity index (χ0v) is 14.6. The zero-order valence-electron chi connectivity index (χ0n) is 14.6. The molecule has 1 aliphatic heterocycles. The van der Waals surface area contributed by atoms with Gasteiger partial charge in [-0.2, -0.15) is 0 Å². The van der Waals surface area contributed by atoms with E-state index in [9.17, 15) is 9.90 Å². The molecule has 0 radical (unpaired) electrons. The molecule has 1 saturated carbocycles. The summed E-state index contributed by atoms with van der Waals surface area (Å²) < 4.78 is 4.99. The normalized spacial score (nSPS) is 20.3. The molecule has 1 heterocycles. The summed E-state index contributed by atoms with van der Waals surface area (Å²) in [5.41, 5.74) is 2.39. The predicted octanol–water partition coefficient (Wildman–Crippen LogP) is 3.65. The number of aliphatic hydroxyl groups is 1. The minimum Gasteiger partial charge on any atom is -0.509 e. The van der Waals surface area contributed by atoms with Crippen LogP contribution in [-0.4, -0.2) is 35.5 Å². The highest BCUT2D eigenvalue weighted by molar-refractivity contribution is 6.23. The molecule has 5 heteroatoms. The smallest absolute Gasteiger partial charge is 0.282 e. The van der Waals surface area contributed by atoms with Crippen LogP contribution in [0.25, 0.3) is 5.57 Å². The van der Waals surface area contributed by atoms with Crippen LogP contribution in [0.2, 0.25) is 0 Å². The first-order valence-corrected chi connectivity index (χ1v) is 8.49. The number of carbonyl (C=O) groups excluding carboxylic acids is 1. The number of rotatable bonds is 4. The van der Waals surface area contributed by atoms with Gasteiger partial charge in [0.05, 0.1) is 5.57 Å². The van der Waals surface area contributed by atoms with Crippen molar-refractivity contribution in [3.05, 3.63) is 40.6 Å². The van der Waals surface area contributed by atoms with Crippen molar-refractivity contribution in [2.75, 3.05) is 13.9 Å². The van der Waals surface area contributed by atoms with Gasteiger partial charge in [-0.25, -0.2) is 9.90 Å². The van der Waals surface area contributed by atoms with E-state index >= 15 is 0 Å². The van der Waals surface area contributed by atoms with E-state index < -0.39 is 5.54 Å². The monoisotopic (exact) mass is 331 g/mol. The maximum Gasteiger partial charge on any atom is 0.282 e. The third-order valence-corrected chi connectivity index (χ3v) is 5.18. The van der Waals surface area contributed by atoms with Gasteiger partial charge in [0, 0.05) is 7.11 Å². The SMILES string of the molecule is COCON1C(=O)C(c2c(C)cccc2C)=C(O)C12CCCCC2. The Bertz CT molecular complexity index is 654. The van der Waals surface area contributed by atoms with Crippen LogP contribution in [0.1, 0.15) is 48.8 Å². The molecule has 1 fully saturated rings. The molecule has 2 aliphatic rings. The van der Waals surface area contributed by atoms with Crippen molar-refractivity contribution in [3.8, 4) is 0 Å². The van der Waals surface area contributed by atoms with Crippen LogP contribution < -0.4 is 0 Å². The van der Waals surface area contributed by atoms with Crippen molar-refractivity contribution in [2.45, 2.75) is 51.5 Å². The molecular formula is C19H25NO4. The standard InChI is InChI=1S/C19H25NO4/c1-13-8-7-9-14(2)15(13)16-17(21)19(10-5-4-6-11-19)20(18(16)22)24-12-23-3/h7-9,21H,4-6,10-12H2,1-3H3. The molecule has 130 valence electrons. The third-order valence-electron chi connectivity index (χ3n) is 5.18. The summed E-state index contributed by atoms with van der Waals surface area (Å²) in [7, 11) is 1.52. The Labute approximate surface area is 142 Å². The van der Waals surface area contributed by atoms with Crippen molar-refractivity contribution in [3.63, 3.8) is 0 Å². The van der Waals surface area contributed by atoms with Crippen molar-refractivity contribution >= 4 is 11.5 Å². The summed E-state index contributed by atoms with van der Waals surface area (Å²) in [6.07, 6.45) is 4.46. The second-order valence-electron chi connectivity index (χ2n) is 6.72. The average Bonchev–Trinajstić information content (AvgIpc) is 2.75. The molecule has 5 nitrogen and oxygen atoms in total. The van der Waals surface area contributed by atoms with E-state index in [2.05, 4.69) is 0 Å². The topological polar surface area (TPSA) is 59.0 Å². The molecular weight excluding hydrogens is 306 g/mol. The molecule has 1 aromatic rings. The van der Waals surface area contributed by atoms with E-state index in [-0.39, 0.29) is 18.5 Å². The van der Waals surface area contributed by atoms with Gasteiger partial charge in [0.15, 0.2) is 6.79 Å². The van der Waals surface area contributed by atoms with Crippen LogP contribution in [0.15, 0.2) is 24.0 Å². The molecule has 1 aliphatic carbocycles. The van der Waals surface area contributed by atoms with Gasteiger partial charge in [0.25, 0.3) is 5.91 Å². The van der Waals surface area contributed by atoms with Gasteiger partial charge < -0.3 is 9.84 Å². The predicted molar refractivity (Wildman–Crippen MR) is 91.1 cm³/mol. The van der Waals surface area contributed by atoms with Gasteiger partial charge in [-0.1, -0.05) is 37.5 Å². The average molecular weight is 331 g/mol. The Morgan fingerprint density at radius 2 is 1.79 bits per heavy atom. The summed E-state index contributed by atoms with van der Waals surface area (Å²) >= 11 is 0.